The molecule has 0 saturated heterocycles. The molecule has 0 atom stereocenters. The van der Waals surface area contributed by atoms with Gasteiger partial charge in [0.1, 0.15) is 0 Å². The van der Waals surface area contributed by atoms with Gasteiger partial charge >= 0.3 is 0 Å². The summed E-state index contributed by atoms with van der Waals surface area (Å²) in [5.41, 5.74) is 0.760. The molecule has 0 saturated carbocycles. The summed E-state index contributed by atoms with van der Waals surface area (Å²) in [6.07, 6.45) is 0. The van der Waals surface area contributed by atoms with E-state index < -0.39 is 11.7 Å². The van der Waals surface area contributed by atoms with Crippen molar-refractivity contribution in [2.24, 2.45) is 0 Å². The van der Waals surface area contributed by atoms with Gasteiger partial charge in [0.05, 0.1) is 7.11 Å². The molecule has 2 aromatic carbocycles. The Morgan fingerprint density at radius 2 is 1.62 bits per heavy atom. The summed E-state index contributed by atoms with van der Waals surface area (Å²) in [4.78, 5) is 23.5. The van der Waals surface area contributed by atoms with E-state index in [9.17, 15) is 14.0 Å². The van der Waals surface area contributed by atoms with Crippen molar-refractivity contribution >= 4 is 27.7 Å². The van der Waals surface area contributed by atoms with Crippen molar-refractivity contribution in [3.8, 4) is 17.2 Å². The molecular formula is C20H22BrFN2O5. The molecule has 2 rings (SSSR count). The number of ether oxygens (including phenoxy) is 3. The first-order chi connectivity index (χ1) is 13.9. The number of benzene rings is 2. The molecule has 0 bridgehead atoms. The number of hydrogen-bond acceptors (Lipinski definition) is 5. The van der Waals surface area contributed by atoms with Gasteiger partial charge in [0.15, 0.2) is 36.3 Å². The van der Waals surface area contributed by atoms with Crippen molar-refractivity contribution in [2.45, 2.75) is 13.5 Å². The maximum atomic E-state index is 13.7. The number of rotatable bonds is 10. The number of nitrogens with one attached hydrogen (secondary N) is 2. The molecule has 2 amide bonds. The number of halogens is 2. The first kappa shape index (κ1) is 22.5. The molecular weight excluding hydrogens is 447 g/mol. The molecule has 2 N–H and O–H groups in total. The zero-order valence-corrected chi connectivity index (χ0v) is 17.7. The van der Waals surface area contributed by atoms with Crippen molar-refractivity contribution in [1.29, 1.82) is 0 Å². The average molecular weight is 469 g/mol. The normalized spacial score (nSPS) is 10.2. The van der Waals surface area contributed by atoms with Gasteiger partial charge in [0.2, 0.25) is 0 Å². The van der Waals surface area contributed by atoms with Gasteiger partial charge in [0.25, 0.3) is 11.8 Å². The molecule has 0 heterocycles. The average Bonchev–Trinajstić information content (AvgIpc) is 2.70. The van der Waals surface area contributed by atoms with E-state index >= 15 is 0 Å². The summed E-state index contributed by atoms with van der Waals surface area (Å²) >= 11 is 3.15. The van der Waals surface area contributed by atoms with Gasteiger partial charge in [-0.3, -0.25) is 9.59 Å². The maximum Gasteiger partial charge on any atom is 0.258 e. The van der Waals surface area contributed by atoms with Gasteiger partial charge < -0.3 is 24.8 Å². The minimum Gasteiger partial charge on any atom is -0.493 e. The molecule has 0 radical (unpaired) electrons. The molecule has 0 aromatic heterocycles. The van der Waals surface area contributed by atoms with Gasteiger partial charge in [-0.15, -0.1) is 0 Å². The highest BCUT2D eigenvalue weighted by Gasteiger charge is 2.10. The predicted molar refractivity (Wildman–Crippen MR) is 109 cm³/mol. The van der Waals surface area contributed by atoms with Crippen LogP contribution in [-0.4, -0.2) is 38.7 Å². The highest BCUT2D eigenvalue weighted by molar-refractivity contribution is 9.10. The quantitative estimate of drug-likeness (QED) is 0.559. The number of carbonyl (C=O) groups is 2. The monoisotopic (exact) mass is 468 g/mol. The lowest BCUT2D eigenvalue weighted by Gasteiger charge is -2.13. The van der Waals surface area contributed by atoms with E-state index in [1.165, 1.54) is 19.2 Å². The number of methoxy groups -OCH3 is 1. The minimum absolute atomic E-state index is 0.00127. The molecule has 2 aromatic rings. The molecule has 0 aliphatic carbocycles. The minimum atomic E-state index is -0.555. The lowest BCUT2D eigenvalue weighted by atomic mass is 10.2. The molecule has 0 unspecified atom stereocenters. The summed E-state index contributed by atoms with van der Waals surface area (Å²) < 4.78 is 30.2. The highest BCUT2D eigenvalue weighted by atomic mass is 79.9. The Balaban J connectivity index is 1.86. The number of carbonyl (C=O) groups excluding carboxylic acids is 2. The van der Waals surface area contributed by atoms with Crippen molar-refractivity contribution in [3.63, 3.8) is 0 Å². The zero-order valence-electron chi connectivity index (χ0n) is 16.1. The van der Waals surface area contributed by atoms with Crippen molar-refractivity contribution in [3.05, 3.63) is 52.3 Å². The van der Waals surface area contributed by atoms with Gasteiger partial charge in [-0.2, -0.15) is 0 Å². The van der Waals surface area contributed by atoms with Gasteiger partial charge in [-0.25, -0.2) is 4.39 Å². The van der Waals surface area contributed by atoms with Crippen LogP contribution in [-0.2, 0) is 16.1 Å². The van der Waals surface area contributed by atoms with Gasteiger partial charge in [0, 0.05) is 17.6 Å². The standard InChI is InChI=1S/C20H22BrFN2O5/c1-3-23-19(25)11-29-17-6-4-13(8-18(17)27-2)10-24-20(26)12-28-16-7-5-14(21)9-15(16)22/h4-9H,3,10-12H2,1-2H3,(H,23,25)(H,24,26). The smallest absolute Gasteiger partial charge is 0.258 e. The van der Waals surface area contributed by atoms with Crippen LogP contribution in [0.4, 0.5) is 4.39 Å². The Labute approximate surface area is 176 Å². The van der Waals surface area contributed by atoms with Crippen LogP contribution in [0.5, 0.6) is 17.2 Å². The summed E-state index contributed by atoms with van der Waals surface area (Å²) in [7, 11) is 1.48. The van der Waals surface area contributed by atoms with E-state index in [2.05, 4.69) is 26.6 Å². The lowest BCUT2D eigenvalue weighted by Crippen LogP contribution is -2.29. The zero-order chi connectivity index (χ0) is 21.2. The topological polar surface area (TPSA) is 85.9 Å². The summed E-state index contributed by atoms with van der Waals surface area (Å²) in [6.45, 7) is 2.13. The van der Waals surface area contributed by atoms with Crippen molar-refractivity contribution < 1.29 is 28.2 Å². The summed E-state index contributed by atoms with van der Waals surface area (Å²) in [5, 5.41) is 5.32. The Morgan fingerprint density at radius 1 is 0.966 bits per heavy atom. The molecule has 0 spiro atoms. The number of hydrogen-bond donors (Lipinski definition) is 2. The van der Waals surface area contributed by atoms with Gasteiger partial charge in [-0.05, 0) is 42.8 Å². The molecule has 0 aliphatic heterocycles. The third kappa shape index (κ3) is 7.26. The second kappa shape index (κ2) is 11.3. The second-order valence-corrected chi connectivity index (χ2v) is 6.78. The number of amides is 2. The molecule has 0 aliphatic rings. The van der Waals surface area contributed by atoms with Crippen LogP contribution >= 0.6 is 15.9 Å². The molecule has 0 fully saturated rings. The predicted octanol–water partition coefficient (Wildman–Crippen LogP) is 2.81. The molecule has 9 heteroatoms. The molecule has 156 valence electrons. The van der Waals surface area contributed by atoms with E-state index in [1.54, 1.807) is 24.3 Å². The Bertz CT molecular complexity index is 863. The first-order valence-electron chi connectivity index (χ1n) is 8.84. The fraction of sp³-hybridized carbons (Fsp3) is 0.300. The fourth-order valence-corrected chi connectivity index (χ4v) is 2.65. The molecule has 7 nitrogen and oxygen atoms in total. The Hall–Kier alpha value is -2.81. The third-order valence-corrected chi connectivity index (χ3v) is 4.20. The summed E-state index contributed by atoms with van der Waals surface area (Å²) in [6, 6.07) is 9.42. The van der Waals surface area contributed by atoms with Crippen molar-refractivity contribution in [1.82, 2.24) is 10.6 Å². The third-order valence-electron chi connectivity index (χ3n) is 3.70. The molecule has 29 heavy (non-hydrogen) atoms. The van der Waals surface area contributed by atoms with Crippen LogP contribution in [0.2, 0.25) is 0 Å². The van der Waals surface area contributed by atoms with Crippen LogP contribution < -0.4 is 24.8 Å². The van der Waals surface area contributed by atoms with Crippen LogP contribution in [0.1, 0.15) is 12.5 Å². The van der Waals surface area contributed by atoms with Crippen LogP contribution in [0.3, 0.4) is 0 Å². The van der Waals surface area contributed by atoms with E-state index in [1.807, 2.05) is 6.92 Å². The van der Waals surface area contributed by atoms with E-state index in [4.69, 9.17) is 14.2 Å². The van der Waals surface area contributed by atoms with E-state index in [0.717, 1.165) is 5.56 Å². The lowest BCUT2D eigenvalue weighted by molar-refractivity contribution is -0.123. The fourth-order valence-electron chi connectivity index (χ4n) is 2.32. The first-order valence-corrected chi connectivity index (χ1v) is 9.63. The SMILES string of the molecule is CCNC(=O)COc1ccc(CNC(=O)COc2ccc(Br)cc2F)cc1OC. The van der Waals surface area contributed by atoms with Crippen LogP contribution in [0.15, 0.2) is 40.9 Å². The highest BCUT2D eigenvalue weighted by Crippen LogP contribution is 2.28. The summed E-state index contributed by atoms with van der Waals surface area (Å²) in [5.74, 6) is -0.327. The van der Waals surface area contributed by atoms with Crippen LogP contribution in [0.25, 0.3) is 0 Å². The largest absolute Gasteiger partial charge is 0.493 e. The van der Waals surface area contributed by atoms with E-state index in [-0.39, 0.29) is 31.4 Å². The van der Waals surface area contributed by atoms with Crippen molar-refractivity contribution in [2.75, 3.05) is 26.9 Å². The Kier molecular flexibility index (Phi) is 8.72. The maximum absolute atomic E-state index is 13.7. The van der Waals surface area contributed by atoms with E-state index in [0.29, 0.717) is 22.5 Å². The Morgan fingerprint density at radius 3 is 2.28 bits per heavy atom. The van der Waals surface area contributed by atoms with Crippen LogP contribution in [0, 0.1) is 5.82 Å². The second-order valence-electron chi connectivity index (χ2n) is 5.87. The van der Waals surface area contributed by atoms with Gasteiger partial charge in [-0.1, -0.05) is 22.0 Å². The number of likely N-dealkylation sites (N-methyl/N-ethyl adjacent to an activating group) is 1.